The van der Waals surface area contributed by atoms with Gasteiger partial charge in [-0.05, 0) is 30.9 Å². The van der Waals surface area contributed by atoms with Gasteiger partial charge >= 0.3 is 0 Å². The SMILES string of the molecule is CCC1CCCC(CN)(C(O)c2c(Cl)cccc2Cl)C1. The molecule has 112 valence electrons. The fraction of sp³-hybridized carbons (Fsp3) is 0.625. The van der Waals surface area contributed by atoms with E-state index in [-0.39, 0.29) is 5.41 Å². The average Bonchev–Trinajstić information content (AvgIpc) is 2.46. The molecule has 1 aliphatic rings. The molecule has 3 N–H and O–H groups in total. The molecule has 0 bridgehead atoms. The van der Waals surface area contributed by atoms with E-state index in [1.54, 1.807) is 18.2 Å². The Bertz CT molecular complexity index is 446. The lowest BCUT2D eigenvalue weighted by atomic mass is 9.64. The maximum atomic E-state index is 10.9. The first-order chi connectivity index (χ1) is 9.54. The van der Waals surface area contributed by atoms with Crippen molar-refractivity contribution in [3.05, 3.63) is 33.8 Å². The largest absolute Gasteiger partial charge is 0.388 e. The Balaban J connectivity index is 2.35. The van der Waals surface area contributed by atoms with Gasteiger partial charge < -0.3 is 10.8 Å². The van der Waals surface area contributed by atoms with E-state index in [0.717, 1.165) is 25.7 Å². The molecule has 0 radical (unpaired) electrons. The molecule has 0 saturated heterocycles. The summed E-state index contributed by atoms with van der Waals surface area (Å²) in [4.78, 5) is 0. The molecule has 0 aliphatic heterocycles. The first kappa shape index (κ1) is 16.1. The summed E-state index contributed by atoms with van der Waals surface area (Å²) in [7, 11) is 0. The Morgan fingerprint density at radius 1 is 1.40 bits per heavy atom. The number of aliphatic hydroxyl groups excluding tert-OH is 1. The smallest absolute Gasteiger partial charge is 0.0887 e. The van der Waals surface area contributed by atoms with Crippen molar-refractivity contribution >= 4 is 23.2 Å². The summed E-state index contributed by atoms with van der Waals surface area (Å²) < 4.78 is 0. The summed E-state index contributed by atoms with van der Waals surface area (Å²) in [6.45, 7) is 2.67. The molecule has 1 aromatic rings. The van der Waals surface area contributed by atoms with Crippen LogP contribution in [-0.4, -0.2) is 11.7 Å². The minimum atomic E-state index is -0.692. The average molecular weight is 316 g/mol. The van der Waals surface area contributed by atoms with Crippen LogP contribution in [-0.2, 0) is 0 Å². The van der Waals surface area contributed by atoms with Crippen LogP contribution in [0, 0.1) is 11.3 Å². The van der Waals surface area contributed by atoms with Crippen LogP contribution in [0.1, 0.15) is 50.7 Å². The lowest BCUT2D eigenvalue weighted by Gasteiger charge is -2.44. The normalized spacial score (nSPS) is 28.4. The molecular weight excluding hydrogens is 293 g/mol. The Kier molecular flexibility index (Phi) is 5.36. The van der Waals surface area contributed by atoms with Crippen molar-refractivity contribution < 1.29 is 5.11 Å². The van der Waals surface area contributed by atoms with Crippen molar-refractivity contribution in [2.24, 2.45) is 17.1 Å². The minimum Gasteiger partial charge on any atom is -0.388 e. The molecule has 20 heavy (non-hydrogen) atoms. The highest BCUT2D eigenvalue weighted by atomic mass is 35.5. The van der Waals surface area contributed by atoms with Crippen LogP contribution in [0.15, 0.2) is 18.2 Å². The Hall–Kier alpha value is -0.280. The second kappa shape index (κ2) is 6.65. The number of hydrogen-bond acceptors (Lipinski definition) is 2. The van der Waals surface area contributed by atoms with Crippen molar-refractivity contribution in [2.75, 3.05) is 6.54 Å². The van der Waals surface area contributed by atoms with Gasteiger partial charge in [-0.25, -0.2) is 0 Å². The molecule has 0 heterocycles. The molecular formula is C16H23Cl2NO. The Labute approximate surface area is 131 Å². The zero-order valence-corrected chi connectivity index (χ0v) is 13.4. The molecule has 0 amide bonds. The zero-order valence-electron chi connectivity index (χ0n) is 11.9. The highest BCUT2D eigenvalue weighted by molar-refractivity contribution is 6.36. The maximum absolute atomic E-state index is 10.9. The molecule has 0 aromatic heterocycles. The summed E-state index contributed by atoms with van der Waals surface area (Å²) in [6.07, 6.45) is 4.65. The molecule has 1 aromatic carbocycles. The Morgan fingerprint density at radius 2 is 2.05 bits per heavy atom. The van der Waals surface area contributed by atoms with Gasteiger partial charge in [-0.2, -0.15) is 0 Å². The molecule has 3 unspecified atom stereocenters. The lowest BCUT2D eigenvalue weighted by Crippen LogP contribution is -2.41. The zero-order chi connectivity index (χ0) is 14.8. The van der Waals surface area contributed by atoms with E-state index in [4.69, 9.17) is 28.9 Å². The summed E-state index contributed by atoms with van der Waals surface area (Å²) in [5.74, 6) is 0.628. The summed E-state index contributed by atoms with van der Waals surface area (Å²) >= 11 is 12.5. The van der Waals surface area contributed by atoms with Crippen LogP contribution < -0.4 is 5.73 Å². The fourth-order valence-electron chi connectivity index (χ4n) is 3.49. The van der Waals surface area contributed by atoms with Crippen LogP contribution in [0.2, 0.25) is 10.0 Å². The molecule has 1 aliphatic carbocycles. The second-order valence-corrected chi connectivity index (χ2v) is 6.79. The topological polar surface area (TPSA) is 46.2 Å². The Morgan fingerprint density at radius 3 is 2.60 bits per heavy atom. The first-order valence-electron chi connectivity index (χ1n) is 7.36. The summed E-state index contributed by atoms with van der Waals surface area (Å²) in [5.41, 5.74) is 6.39. The van der Waals surface area contributed by atoms with E-state index >= 15 is 0 Å². The van der Waals surface area contributed by atoms with Gasteiger partial charge in [0.25, 0.3) is 0 Å². The third kappa shape index (κ3) is 2.99. The summed E-state index contributed by atoms with van der Waals surface area (Å²) in [5, 5.41) is 12.0. The number of hydrogen-bond donors (Lipinski definition) is 2. The number of aliphatic hydroxyl groups is 1. The van der Waals surface area contributed by atoms with Crippen molar-refractivity contribution in [3.8, 4) is 0 Å². The molecule has 3 atom stereocenters. The predicted molar refractivity (Wildman–Crippen MR) is 85.2 cm³/mol. The number of halogens is 2. The first-order valence-corrected chi connectivity index (χ1v) is 8.11. The van der Waals surface area contributed by atoms with Crippen molar-refractivity contribution in [3.63, 3.8) is 0 Å². The molecule has 1 saturated carbocycles. The van der Waals surface area contributed by atoms with Crippen molar-refractivity contribution in [1.29, 1.82) is 0 Å². The van der Waals surface area contributed by atoms with Gasteiger partial charge in [0, 0.05) is 27.6 Å². The van der Waals surface area contributed by atoms with E-state index in [0.29, 0.717) is 28.1 Å². The highest BCUT2D eigenvalue weighted by Crippen LogP contribution is 2.50. The van der Waals surface area contributed by atoms with Gasteiger partial charge in [0.15, 0.2) is 0 Å². The summed E-state index contributed by atoms with van der Waals surface area (Å²) in [6, 6.07) is 5.35. The van der Waals surface area contributed by atoms with Crippen LogP contribution in [0.4, 0.5) is 0 Å². The van der Waals surface area contributed by atoms with Crippen LogP contribution in [0.3, 0.4) is 0 Å². The van der Waals surface area contributed by atoms with Gasteiger partial charge in [-0.3, -0.25) is 0 Å². The van der Waals surface area contributed by atoms with E-state index in [2.05, 4.69) is 6.92 Å². The molecule has 2 nitrogen and oxygen atoms in total. The maximum Gasteiger partial charge on any atom is 0.0887 e. The lowest BCUT2D eigenvalue weighted by molar-refractivity contribution is -0.0160. The van der Waals surface area contributed by atoms with E-state index < -0.39 is 6.10 Å². The van der Waals surface area contributed by atoms with Gasteiger partial charge in [-0.15, -0.1) is 0 Å². The predicted octanol–water partition coefficient (Wildman–Crippen LogP) is 4.57. The molecule has 2 rings (SSSR count). The number of rotatable bonds is 4. The van der Waals surface area contributed by atoms with E-state index in [1.165, 1.54) is 6.42 Å². The number of nitrogens with two attached hydrogens (primary N) is 1. The third-order valence-electron chi connectivity index (χ3n) is 4.82. The monoisotopic (exact) mass is 315 g/mol. The van der Waals surface area contributed by atoms with Gasteiger partial charge in [0.2, 0.25) is 0 Å². The molecule has 0 spiro atoms. The quantitative estimate of drug-likeness (QED) is 0.854. The van der Waals surface area contributed by atoms with E-state index in [9.17, 15) is 5.11 Å². The van der Waals surface area contributed by atoms with Gasteiger partial charge in [0.05, 0.1) is 6.10 Å². The minimum absolute atomic E-state index is 0.298. The number of benzene rings is 1. The van der Waals surface area contributed by atoms with Crippen LogP contribution in [0.25, 0.3) is 0 Å². The van der Waals surface area contributed by atoms with Gasteiger partial charge in [0.1, 0.15) is 0 Å². The van der Waals surface area contributed by atoms with Crippen molar-refractivity contribution in [2.45, 2.75) is 45.1 Å². The van der Waals surface area contributed by atoms with Crippen LogP contribution in [0.5, 0.6) is 0 Å². The van der Waals surface area contributed by atoms with Crippen molar-refractivity contribution in [1.82, 2.24) is 0 Å². The van der Waals surface area contributed by atoms with Gasteiger partial charge in [-0.1, -0.05) is 55.5 Å². The standard InChI is InChI=1S/C16H23Cl2NO/c1-2-11-5-4-8-16(9-11,10-19)15(20)14-12(17)6-3-7-13(14)18/h3,6-7,11,15,20H,2,4-5,8-10,19H2,1H3. The third-order valence-corrected chi connectivity index (χ3v) is 5.48. The fourth-order valence-corrected chi connectivity index (χ4v) is 4.10. The second-order valence-electron chi connectivity index (χ2n) is 5.97. The van der Waals surface area contributed by atoms with E-state index in [1.807, 2.05) is 0 Å². The highest BCUT2D eigenvalue weighted by Gasteiger charge is 2.42. The molecule has 1 fully saturated rings. The molecule has 4 heteroatoms. The van der Waals surface area contributed by atoms with Crippen LogP contribution >= 0.6 is 23.2 Å².